The molecule has 0 spiro atoms. The van der Waals surface area contributed by atoms with Gasteiger partial charge < -0.3 is 20.3 Å². The van der Waals surface area contributed by atoms with Crippen LogP contribution in [0.1, 0.15) is 32.6 Å². The topological polar surface area (TPSA) is 62.0 Å². The van der Waals surface area contributed by atoms with Crippen LogP contribution in [0, 0.1) is 11.7 Å². The maximum absolute atomic E-state index is 14.1. The fourth-order valence-electron chi connectivity index (χ4n) is 4.41. The third kappa shape index (κ3) is 6.57. The van der Waals surface area contributed by atoms with Crippen LogP contribution in [0.3, 0.4) is 0 Å². The van der Waals surface area contributed by atoms with Crippen LogP contribution in [0.5, 0.6) is 0 Å². The number of esters is 1. The summed E-state index contributed by atoms with van der Waals surface area (Å²) in [6, 6.07) is 4.98. The van der Waals surface area contributed by atoms with Crippen molar-refractivity contribution in [2.45, 2.75) is 32.6 Å². The number of carbonyl (C=O) groups excluding carboxylic acids is 1. The Kier molecular flexibility index (Phi) is 8.12. The first-order valence-electron chi connectivity index (χ1n) is 11.0. The molecule has 0 aromatic heterocycles. The van der Waals surface area contributed by atoms with Crippen LogP contribution in [0.4, 0.5) is 15.8 Å². The molecule has 2 aliphatic heterocycles. The highest BCUT2D eigenvalue weighted by Crippen LogP contribution is 2.28. The largest absolute Gasteiger partial charge is 0.465 e. The molecule has 2 N–H and O–H groups in total. The number of ether oxygens (including phenoxy) is 1. The molecule has 2 heterocycles. The Morgan fingerprint density at radius 1 is 1.14 bits per heavy atom. The number of rotatable bonds is 8. The van der Waals surface area contributed by atoms with E-state index in [1.807, 2.05) is 6.92 Å². The highest BCUT2D eigenvalue weighted by atomic mass is 19.1. The van der Waals surface area contributed by atoms with Crippen LogP contribution >= 0.6 is 0 Å². The van der Waals surface area contributed by atoms with E-state index in [2.05, 4.69) is 14.7 Å². The van der Waals surface area contributed by atoms with Crippen molar-refractivity contribution in [2.24, 2.45) is 5.92 Å². The summed E-state index contributed by atoms with van der Waals surface area (Å²) in [6.07, 6.45) is 4.69. The van der Waals surface area contributed by atoms with Gasteiger partial charge in [0.2, 0.25) is 0 Å². The summed E-state index contributed by atoms with van der Waals surface area (Å²) in [5.41, 5.74) is 6.80. The number of halogens is 1. The normalized spacial score (nSPS) is 19.4. The van der Waals surface area contributed by atoms with Gasteiger partial charge in [-0.15, -0.1) is 0 Å². The molecule has 29 heavy (non-hydrogen) atoms. The SMILES string of the molecule is CCOC(=O)CN1CCN(CCCC2CCN(c3ccc(N)cc3F)CC2)CC1. The fraction of sp³-hybridized carbons (Fsp3) is 0.682. The van der Waals surface area contributed by atoms with Crippen LogP contribution in [0.2, 0.25) is 0 Å². The third-order valence-electron chi connectivity index (χ3n) is 6.14. The zero-order valence-corrected chi connectivity index (χ0v) is 17.6. The fourth-order valence-corrected chi connectivity index (χ4v) is 4.41. The predicted octanol–water partition coefficient (Wildman–Crippen LogP) is 2.59. The van der Waals surface area contributed by atoms with Crippen LogP contribution in [-0.2, 0) is 9.53 Å². The lowest BCUT2D eigenvalue weighted by Crippen LogP contribution is -2.48. The Bertz CT molecular complexity index is 656. The highest BCUT2D eigenvalue weighted by Gasteiger charge is 2.22. The Labute approximate surface area is 173 Å². The second kappa shape index (κ2) is 10.8. The Morgan fingerprint density at radius 2 is 1.83 bits per heavy atom. The number of nitrogens with two attached hydrogens (primary N) is 1. The molecule has 2 fully saturated rings. The summed E-state index contributed by atoms with van der Waals surface area (Å²) in [5, 5.41) is 0. The van der Waals surface area contributed by atoms with E-state index in [1.54, 1.807) is 12.1 Å². The summed E-state index contributed by atoms with van der Waals surface area (Å²) in [4.78, 5) is 18.4. The Hall–Kier alpha value is -1.86. The van der Waals surface area contributed by atoms with Crippen LogP contribution < -0.4 is 10.6 Å². The first kappa shape index (κ1) is 21.8. The maximum Gasteiger partial charge on any atom is 0.320 e. The van der Waals surface area contributed by atoms with Gasteiger partial charge in [0.15, 0.2) is 0 Å². The molecule has 6 nitrogen and oxygen atoms in total. The molecule has 0 atom stereocenters. The van der Waals surface area contributed by atoms with E-state index in [1.165, 1.54) is 18.9 Å². The van der Waals surface area contributed by atoms with Gasteiger partial charge in [-0.1, -0.05) is 0 Å². The maximum atomic E-state index is 14.1. The molecule has 1 aromatic carbocycles. The van der Waals surface area contributed by atoms with E-state index in [0.29, 0.717) is 24.5 Å². The zero-order chi connectivity index (χ0) is 20.6. The van der Waals surface area contributed by atoms with E-state index in [-0.39, 0.29) is 11.8 Å². The third-order valence-corrected chi connectivity index (χ3v) is 6.14. The predicted molar refractivity (Wildman–Crippen MR) is 114 cm³/mol. The minimum Gasteiger partial charge on any atom is -0.465 e. The number of hydrogen-bond donors (Lipinski definition) is 1. The zero-order valence-electron chi connectivity index (χ0n) is 17.6. The van der Waals surface area contributed by atoms with Crippen molar-refractivity contribution >= 4 is 17.3 Å². The van der Waals surface area contributed by atoms with E-state index in [9.17, 15) is 9.18 Å². The van der Waals surface area contributed by atoms with Gasteiger partial charge in [-0.2, -0.15) is 0 Å². The summed E-state index contributed by atoms with van der Waals surface area (Å²) >= 11 is 0. The smallest absolute Gasteiger partial charge is 0.320 e. The molecule has 0 radical (unpaired) electrons. The van der Waals surface area contributed by atoms with Crippen molar-refractivity contribution in [1.29, 1.82) is 0 Å². The van der Waals surface area contributed by atoms with Gasteiger partial charge in [0.1, 0.15) is 5.82 Å². The summed E-state index contributed by atoms with van der Waals surface area (Å²) in [6.45, 7) is 9.57. The molecule has 3 rings (SSSR count). The number of piperazine rings is 1. The molecule has 0 bridgehead atoms. The van der Waals surface area contributed by atoms with Gasteiger partial charge in [-0.25, -0.2) is 4.39 Å². The van der Waals surface area contributed by atoms with Gasteiger partial charge in [-0.3, -0.25) is 9.69 Å². The number of carbonyl (C=O) groups is 1. The minimum absolute atomic E-state index is 0.119. The van der Waals surface area contributed by atoms with Crippen LogP contribution in [0.15, 0.2) is 18.2 Å². The van der Waals surface area contributed by atoms with Crippen LogP contribution in [0.25, 0.3) is 0 Å². The van der Waals surface area contributed by atoms with Gasteiger partial charge in [0.25, 0.3) is 0 Å². The minimum atomic E-state index is -0.217. The molecule has 7 heteroatoms. The number of hydrogen-bond acceptors (Lipinski definition) is 6. The molecule has 1 aromatic rings. The number of nitrogen functional groups attached to an aromatic ring is 1. The molecule has 2 saturated heterocycles. The monoisotopic (exact) mass is 406 g/mol. The average molecular weight is 407 g/mol. The average Bonchev–Trinajstić information content (AvgIpc) is 2.70. The highest BCUT2D eigenvalue weighted by molar-refractivity contribution is 5.71. The van der Waals surface area contributed by atoms with Crippen molar-refractivity contribution in [3.8, 4) is 0 Å². The number of anilines is 2. The molecule has 0 aliphatic carbocycles. The van der Waals surface area contributed by atoms with E-state index in [0.717, 1.165) is 64.6 Å². The van der Waals surface area contributed by atoms with Crippen molar-refractivity contribution in [1.82, 2.24) is 9.80 Å². The van der Waals surface area contributed by atoms with Crippen LogP contribution in [-0.4, -0.2) is 74.7 Å². The Balaban J connectivity index is 1.30. The van der Waals surface area contributed by atoms with Gasteiger partial charge in [0.05, 0.1) is 18.8 Å². The summed E-state index contributed by atoms with van der Waals surface area (Å²) in [5.74, 6) is 0.393. The van der Waals surface area contributed by atoms with Crippen molar-refractivity contribution in [3.63, 3.8) is 0 Å². The molecule has 0 amide bonds. The quantitative estimate of drug-likeness (QED) is 0.529. The second-order valence-corrected chi connectivity index (χ2v) is 8.21. The first-order chi connectivity index (χ1) is 14.0. The van der Waals surface area contributed by atoms with Gasteiger partial charge in [-0.05, 0) is 63.3 Å². The van der Waals surface area contributed by atoms with E-state index >= 15 is 0 Å². The van der Waals surface area contributed by atoms with Gasteiger partial charge >= 0.3 is 5.97 Å². The summed E-state index contributed by atoms with van der Waals surface area (Å²) < 4.78 is 19.1. The lowest BCUT2D eigenvalue weighted by atomic mass is 9.91. The molecule has 0 saturated carbocycles. The molecule has 162 valence electrons. The lowest BCUT2D eigenvalue weighted by molar-refractivity contribution is -0.144. The number of nitrogens with zero attached hydrogens (tertiary/aromatic N) is 3. The number of piperidine rings is 1. The second-order valence-electron chi connectivity index (χ2n) is 8.21. The molecule has 2 aliphatic rings. The molecular formula is C22H35FN4O2. The summed E-state index contributed by atoms with van der Waals surface area (Å²) in [7, 11) is 0. The van der Waals surface area contributed by atoms with Crippen molar-refractivity contribution in [3.05, 3.63) is 24.0 Å². The molecule has 0 unspecified atom stereocenters. The van der Waals surface area contributed by atoms with Gasteiger partial charge in [0, 0.05) is 45.0 Å². The van der Waals surface area contributed by atoms with Crippen molar-refractivity contribution < 1.29 is 13.9 Å². The number of benzene rings is 1. The first-order valence-corrected chi connectivity index (χ1v) is 11.0. The van der Waals surface area contributed by atoms with Crippen molar-refractivity contribution in [2.75, 3.05) is 69.6 Å². The Morgan fingerprint density at radius 3 is 2.48 bits per heavy atom. The van der Waals surface area contributed by atoms with E-state index in [4.69, 9.17) is 10.5 Å². The lowest BCUT2D eigenvalue weighted by Gasteiger charge is -2.35. The molecular weight excluding hydrogens is 371 g/mol. The standard InChI is InChI=1S/C22H35FN4O2/c1-2-29-22(28)17-26-14-12-25(13-15-26)9-3-4-18-7-10-27(11-8-18)21-6-5-19(24)16-20(21)23/h5-6,16,18H,2-4,7-15,17,24H2,1H3. The van der Waals surface area contributed by atoms with E-state index < -0.39 is 0 Å².